The summed E-state index contributed by atoms with van der Waals surface area (Å²) in [6, 6.07) is 10.2. The Hall–Kier alpha value is -1.64. The Kier molecular flexibility index (Phi) is 4.51. The molecule has 96 valence electrons. The highest BCUT2D eigenvalue weighted by Crippen LogP contribution is 2.29. The molecule has 0 aromatic heterocycles. The van der Waals surface area contributed by atoms with E-state index in [0.29, 0.717) is 5.92 Å². The molecule has 0 unspecified atom stereocenters. The van der Waals surface area contributed by atoms with Crippen LogP contribution in [0, 0.1) is 5.92 Å². The summed E-state index contributed by atoms with van der Waals surface area (Å²) < 4.78 is 5.22. The Morgan fingerprint density at radius 2 is 1.94 bits per heavy atom. The average Bonchev–Trinajstić information content (AvgIpc) is 2.42. The molecule has 1 saturated carbocycles. The molecule has 3 heteroatoms. The predicted molar refractivity (Wildman–Crippen MR) is 68.0 cm³/mol. The molecule has 0 saturated heterocycles. The van der Waals surface area contributed by atoms with Gasteiger partial charge < -0.3 is 4.74 Å². The third kappa shape index (κ3) is 3.42. The van der Waals surface area contributed by atoms with Crippen LogP contribution < -0.4 is 0 Å². The maximum atomic E-state index is 11.1. The molecule has 18 heavy (non-hydrogen) atoms. The summed E-state index contributed by atoms with van der Waals surface area (Å²) in [6.45, 7) is 0. The van der Waals surface area contributed by atoms with Crippen LogP contribution in [0.15, 0.2) is 30.3 Å². The lowest BCUT2D eigenvalue weighted by molar-refractivity contribution is -0.156. The van der Waals surface area contributed by atoms with Gasteiger partial charge >= 0.3 is 5.97 Å². The van der Waals surface area contributed by atoms with Gasteiger partial charge in [-0.2, -0.15) is 0 Å². The zero-order valence-electron chi connectivity index (χ0n) is 10.4. The van der Waals surface area contributed by atoms with Crippen molar-refractivity contribution in [1.29, 1.82) is 0 Å². The number of hydrogen-bond acceptors (Lipinski definition) is 3. The van der Waals surface area contributed by atoms with Crippen molar-refractivity contribution in [3.8, 4) is 0 Å². The van der Waals surface area contributed by atoms with Crippen molar-refractivity contribution in [3.63, 3.8) is 0 Å². The van der Waals surface area contributed by atoms with E-state index in [2.05, 4.69) is 12.1 Å². The predicted octanol–water partition coefficient (Wildman–Crippen LogP) is 2.53. The fourth-order valence-electron chi connectivity index (χ4n) is 2.66. The molecular formula is C15H18O3. The fraction of sp³-hybridized carbons (Fsp3) is 0.467. The lowest BCUT2D eigenvalue weighted by Crippen LogP contribution is -2.31. The van der Waals surface area contributed by atoms with Crippen LogP contribution in [0.3, 0.4) is 0 Å². The first-order valence-electron chi connectivity index (χ1n) is 6.49. The van der Waals surface area contributed by atoms with Crippen molar-refractivity contribution in [3.05, 3.63) is 35.9 Å². The van der Waals surface area contributed by atoms with Gasteiger partial charge in [-0.15, -0.1) is 0 Å². The largest absolute Gasteiger partial charge is 0.457 e. The van der Waals surface area contributed by atoms with E-state index in [-0.39, 0.29) is 12.4 Å². The van der Waals surface area contributed by atoms with E-state index < -0.39 is 5.97 Å². The highest BCUT2D eigenvalue weighted by Gasteiger charge is 2.28. The number of esters is 1. The molecule has 0 amide bonds. The maximum absolute atomic E-state index is 11.1. The minimum atomic E-state index is -0.736. The Labute approximate surface area is 107 Å². The molecule has 2 rings (SSSR count). The molecular weight excluding hydrogens is 228 g/mol. The smallest absolute Gasteiger partial charge is 0.371 e. The number of ether oxygens (including phenoxy) is 1. The quantitative estimate of drug-likeness (QED) is 0.466. The Morgan fingerprint density at radius 3 is 2.67 bits per heavy atom. The molecule has 0 radical (unpaired) electrons. The van der Waals surface area contributed by atoms with Gasteiger partial charge in [-0.3, -0.25) is 4.79 Å². The minimum absolute atomic E-state index is 0.100. The number of hydrogen-bond donors (Lipinski definition) is 0. The van der Waals surface area contributed by atoms with E-state index in [0.717, 1.165) is 25.7 Å². The molecule has 1 aliphatic rings. The van der Waals surface area contributed by atoms with E-state index in [1.165, 1.54) is 12.0 Å². The minimum Gasteiger partial charge on any atom is -0.457 e. The second kappa shape index (κ2) is 6.34. The summed E-state index contributed by atoms with van der Waals surface area (Å²) in [4.78, 5) is 21.5. The lowest BCUT2D eigenvalue weighted by Gasteiger charge is -2.30. The molecule has 0 aliphatic heterocycles. The van der Waals surface area contributed by atoms with Crippen LogP contribution in [-0.4, -0.2) is 18.4 Å². The van der Waals surface area contributed by atoms with Gasteiger partial charge in [0.05, 0.1) is 0 Å². The Morgan fingerprint density at radius 1 is 1.22 bits per heavy atom. The molecule has 0 spiro atoms. The van der Waals surface area contributed by atoms with Crippen LogP contribution >= 0.6 is 0 Å². The van der Waals surface area contributed by atoms with Gasteiger partial charge in [-0.25, -0.2) is 4.79 Å². The van der Waals surface area contributed by atoms with Crippen LogP contribution in [0.4, 0.5) is 0 Å². The van der Waals surface area contributed by atoms with Crippen molar-refractivity contribution in [2.45, 2.75) is 38.2 Å². The van der Waals surface area contributed by atoms with E-state index in [9.17, 15) is 9.59 Å². The second-order valence-corrected chi connectivity index (χ2v) is 4.83. The van der Waals surface area contributed by atoms with Crippen molar-refractivity contribution < 1.29 is 14.3 Å². The topological polar surface area (TPSA) is 43.4 Å². The van der Waals surface area contributed by atoms with E-state index >= 15 is 0 Å². The Balaban J connectivity index is 1.99. The van der Waals surface area contributed by atoms with Crippen molar-refractivity contribution in [1.82, 2.24) is 0 Å². The summed E-state index contributed by atoms with van der Waals surface area (Å²) in [6.07, 6.45) is 5.25. The van der Waals surface area contributed by atoms with Crippen molar-refractivity contribution in [2.24, 2.45) is 5.92 Å². The van der Waals surface area contributed by atoms with Gasteiger partial charge in [0.1, 0.15) is 6.10 Å². The molecule has 1 aromatic rings. The SMILES string of the molecule is O=CC(=O)O[C@H]1CCCC[C@@H]1Cc1ccccc1. The number of carbonyl (C=O) groups is 2. The van der Waals surface area contributed by atoms with Crippen LogP contribution in [0.25, 0.3) is 0 Å². The summed E-state index contributed by atoms with van der Waals surface area (Å²) in [5.74, 6) is -0.398. The standard InChI is InChI=1S/C15H18O3/c16-11-15(17)18-14-9-5-4-8-13(14)10-12-6-2-1-3-7-12/h1-3,6-7,11,13-14H,4-5,8-10H2/t13-,14+/m1/s1. The van der Waals surface area contributed by atoms with Gasteiger partial charge in [0.25, 0.3) is 0 Å². The van der Waals surface area contributed by atoms with Gasteiger partial charge in [-0.05, 0) is 37.2 Å². The van der Waals surface area contributed by atoms with Crippen molar-refractivity contribution in [2.75, 3.05) is 0 Å². The van der Waals surface area contributed by atoms with Crippen molar-refractivity contribution >= 4 is 12.3 Å². The zero-order valence-corrected chi connectivity index (χ0v) is 10.4. The summed E-state index contributed by atoms with van der Waals surface area (Å²) in [7, 11) is 0. The molecule has 0 bridgehead atoms. The molecule has 1 fully saturated rings. The van der Waals surface area contributed by atoms with E-state index in [1.807, 2.05) is 18.2 Å². The van der Waals surface area contributed by atoms with Gasteiger partial charge in [0, 0.05) is 0 Å². The molecule has 3 nitrogen and oxygen atoms in total. The summed E-state index contributed by atoms with van der Waals surface area (Å²) >= 11 is 0. The average molecular weight is 246 g/mol. The van der Waals surface area contributed by atoms with Gasteiger partial charge in [-0.1, -0.05) is 36.8 Å². The van der Waals surface area contributed by atoms with Gasteiger partial charge in [0.2, 0.25) is 6.29 Å². The molecule has 1 aromatic carbocycles. The van der Waals surface area contributed by atoms with Crippen LogP contribution in [0.2, 0.25) is 0 Å². The molecule has 0 N–H and O–H groups in total. The van der Waals surface area contributed by atoms with Crippen LogP contribution in [-0.2, 0) is 20.7 Å². The zero-order chi connectivity index (χ0) is 12.8. The molecule has 2 atom stereocenters. The summed E-state index contributed by atoms with van der Waals surface area (Å²) in [5.41, 5.74) is 1.26. The first-order chi connectivity index (χ1) is 8.79. The number of carbonyl (C=O) groups excluding carboxylic acids is 2. The first kappa shape index (κ1) is 12.8. The number of benzene rings is 1. The highest BCUT2D eigenvalue weighted by atomic mass is 16.5. The van der Waals surface area contributed by atoms with Crippen LogP contribution in [0.5, 0.6) is 0 Å². The van der Waals surface area contributed by atoms with Gasteiger partial charge in [0.15, 0.2) is 0 Å². The maximum Gasteiger partial charge on any atom is 0.371 e. The van der Waals surface area contributed by atoms with E-state index in [1.54, 1.807) is 0 Å². The second-order valence-electron chi connectivity index (χ2n) is 4.83. The molecule has 0 heterocycles. The summed E-state index contributed by atoms with van der Waals surface area (Å²) in [5, 5.41) is 0. The normalized spacial score (nSPS) is 23.3. The highest BCUT2D eigenvalue weighted by molar-refractivity contribution is 6.20. The first-order valence-corrected chi connectivity index (χ1v) is 6.49. The third-order valence-corrected chi connectivity index (χ3v) is 3.54. The van der Waals surface area contributed by atoms with E-state index in [4.69, 9.17) is 4.74 Å². The molecule has 1 aliphatic carbocycles. The third-order valence-electron chi connectivity index (χ3n) is 3.54. The number of rotatable bonds is 4. The Bertz CT molecular complexity index is 399. The van der Waals surface area contributed by atoms with Crippen LogP contribution in [0.1, 0.15) is 31.2 Å². The number of aldehydes is 1. The lowest BCUT2D eigenvalue weighted by atomic mass is 9.82. The fourth-order valence-corrected chi connectivity index (χ4v) is 2.66. The monoisotopic (exact) mass is 246 g/mol.